The molecule has 3 aromatic carbocycles. The minimum atomic E-state index is -1.01. The van der Waals surface area contributed by atoms with E-state index >= 15 is 0 Å². The molecule has 0 fully saturated rings. The van der Waals surface area contributed by atoms with Gasteiger partial charge in [-0.15, -0.1) is 0 Å². The van der Waals surface area contributed by atoms with Gasteiger partial charge < -0.3 is 30.2 Å². The monoisotopic (exact) mass is 567 g/mol. The number of nitrogens with zero attached hydrogens (tertiary/aromatic N) is 2. The first kappa shape index (κ1) is 29.0. The molecule has 0 saturated heterocycles. The van der Waals surface area contributed by atoms with Crippen molar-refractivity contribution in [1.29, 1.82) is 5.26 Å². The average Bonchev–Trinajstić information content (AvgIpc) is 2.99. The lowest BCUT2D eigenvalue weighted by atomic mass is 9.80. The number of aromatic hydroxyl groups is 2. The van der Waals surface area contributed by atoms with Crippen molar-refractivity contribution in [3.8, 4) is 29.1 Å². The lowest BCUT2D eigenvalue weighted by molar-refractivity contribution is -0.384. The van der Waals surface area contributed by atoms with Crippen LogP contribution in [0.4, 0.5) is 5.69 Å². The van der Waals surface area contributed by atoms with Gasteiger partial charge in [-0.1, -0.05) is 36.4 Å². The molecule has 1 aliphatic heterocycles. The number of ether oxygens (including phenoxy) is 3. The predicted octanol–water partition coefficient (Wildman–Crippen LogP) is 5.08. The zero-order valence-electron chi connectivity index (χ0n) is 22.5. The number of allylic oxidation sites excluding steroid dienone is 4. The lowest BCUT2D eigenvalue weighted by Crippen LogP contribution is -2.24. The van der Waals surface area contributed by atoms with Gasteiger partial charge in [-0.2, -0.15) is 5.26 Å². The summed E-state index contributed by atoms with van der Waals surface area (Å²) in [5.41, 5.74) is 7.53. The molecule has 1 atom stereocenters. The molecular weight excluding hydrogens is 542 g/mol. The summed E-state index contributed by atoms with van der Waals surface area (Å²) in [6.45, 7) is 0. The van der Waals surface area contributed by atoms with E-state index in [0.29, 0.717) is 16.7 Å². The molecule has 0 bridgehead atoms. The number of nitrogens with two attached hydrogens (primary N) is 1. The number of methoxy groups -OCH3 is 2. The first-order valence-electron chi connectivity index (χ1n) is 12.4. The largest absolute Gasteiger partial charge is 0.504 e. The number of nitro groups is 1. The van der Waals surface area contributed by atoms with Crippen LogP contribution in [0.15, 0.2) is 95.6 Å². The van der Waals surface area contributed by atoms with Crippen LogP contribution < -0.4 is 15.2 Å². The van der Waals surface area contributed by atoms with Crippen molar-refractivity contribution in [3.63, 3.8) is 0 Å². The molecule has 0 aliphatic carbocycles. The topological polar surface area (TPSA) is 178 Å². The summed E-state index contributed by atoms with van der Waals surface area (Å²) < 4.78 is 16.1. The highest BCUT2D eigenvalue weighted by molar-refractivity contribution is 6.09. The summed E-state index contributed by atoms with van der Waals surface area (Å²) in [4.78, 5) is 24.5. The van der Waals surface area contributed by atoms with Gasteiger partial charge in [0.2, 0.25) is 5.88 Å². The van der Waals surface area contributed by atoms with Gasteiger partial charge in [0.05, 0.1) is 30.6 Å². The Bertz CT molecular complexity index is 1710. The van der Waals surface area contributed by atoms with Gasteiger partial charge >= 0.3 is 0 Å². The summed E-state index contributed by atoms with van der Waals surface area (Å²) in [6, 6.07) is 16.6. The lowest BCUT2D eigenvalue weighted by Gasteiger charge is -2.27. The Labute approximate surface area is 240 Å². The molecule has 42 heavy (non-hydrogen) atoms. The highest BCUT2D eigenvalue weighted by Gasteiger charge is 2.35. The number of nitro benzene ring substituents is 1. The molecule has 0 aromatic heterocycles. The Hall–Kier alpha value is -6.02. The molecule has 1 unspecified atom stereocenters. The van der Waals surface area contributed by atoms with Crippen molar-refractivity contribution in [1.82, 2.24) is 0 Å². The fourth-order valence-corrected chi connectivity index (χ4v) is 4.32. The van der Waals surface area contributed by atoms with E-state index < -0.39 is 16.6 Å². The smallest absolute Gasteiger partial charge is 0.269 e. The molecule has 0 saturated carbocycles. The van der Waals surface area contributed by atoms with Gasteiger partial charge in [0.25, 0.3) is 5.69 Å². The zero-order chi connectivity index (χ0) is 30.4. The van der Waals surface area contributed by atoms with Gasteiger partial charge in [0.1, 0.15) is 17.4 Å². The minimum absolute atomic E-state index is 0.0415. The number of phenols is 2. The van der Waals surface area contributed by atoms with Crippen molar-refractivity contribution in [3.05, 3.63) is 122 Å². The number of phenolic OH excluding ortho intramolecular Hbond substituents is 2. The van der Waals surface area contributed by atoms with Crippen LogP contribution in [0.3, 0.4) is 0 Å². The number of benzene rings is 3. The number of rotatable bonds is 9. The molecule has 0 spiro atoms. The van der Waals surface area contributed by atoms with Crippen LogP contribution in [0.1, 0.15) is 22.6 Å². The average molecular weight is 568 g/mol. The Balaban J connectivity index is 1.85. The van der Waals surface area contributed by atoms with Crippen LogP contribution in [0.2, 0.25) is 0 Å². The number of carbonyl (C=O) groups excluding carboxylic acids is 1. The molecule has 1 heterocycles. The fraction of sp³-hybridized carbons (Fsp3) is 0.0968. The van der Waals surface area contributed by atoms with E-state index in [1.54, 1.807) is 24.3 Å². The number of hydrogen-bond donors (Lipinski definition) is 3. The number of carbonyl (C=O) groups is 1. The van der Waals surface area contributed by atoms with E-state index in [1.165, 1.54) is 74.9 Å². The van der Waals surface area contributed by atoms with Crippen LogP contribution in [-0.2, 0) is 9.53 Å². The molecule has 3 aromatic rings. The third-order valence-electron chi connectivity index (χ3n) is 6.41. The summed E-state index contributed by atoms with van der Waals surface area (Å²) in [6.07, 6.45) is 5.88. The zero-order valence-corrected chi connectivity index (χ0v) is 22.5. The molecule has 0 radical (unpaired) electrons. The first-order chi connectivity index (χ1) is 20.2. The van der Waals surface area contributed by atoms with Crippen molar-refractivity contribution >= 4 is 23.6 Å². The molecule has 11 heteroatoms. The van der Waals surface area contributed by atoms with E-state index in [9.17, 15) is 30.4 Å². The third-order valence-corrected chi connectivity index (χ3v) is 6.41. The van der Waals surface area contributed by atoms with Gasteiger partial charge in [-0.05, 0) is 53.1 Å². The highest BCUT2D eigenvalue weighted by atomic mass is 16.6. The van der Waals surface area contributed by atoms with Crippen molar-refractivity contribution in [2.45, 2.75) is 5.92 Å². The number of hydrogen-bond acceptors (Lipinski definition) is 10. The van der Waals surface area contributed by atoms with Gasteiger partial charge in [-0.25, -0.2) is 0 Å². The second-order valence-electron chi connectivity index (χ2n) is 8.94. The van der Waals surface area contributed by atoms with E-state index in [4.69, 9.17) is 19.9 Å². The first-order valence-corrected chi connectivity index (χ1v) is 12.4. The maximum Gasteiger partial charge on any atom is 0.269 e. The second kappa shape index (κ2) is 12.4. The van der Waals surface area contributed by atoms with Crippen molar-refractivity contribution < 1.29 is 34.1 Å². The summed E-state index contributed by atoms with van der Waals surface area (Å²) in [5.74, 6) is -1.41. The van der Waals surface area contributed by atoms with Crippen molar-refractivity contribution in [2.75, 3.05) is 14.2 Å². The molecule has 1 aliphatic rings. The predicted molar refractivity (Wildman–Crippen MR) is 153 cm³/mol. The molecule has 4 N–H and O–H groups in total. The minimum Gasteiger partial charge on any atom is -0.504 e. The molecule has 212 valence electrons. The van der Waals surface area contributed by atoms with Crippen LogP contribution >= 0.6 is 0 Å². The quantitative estimate of drug-likeness (QED) is 0.179. The summed E-state index contributed by atoms with van der Waals surface area (Å²) in [5, 5.41) is 41.0. The normalized spacial score (nSPS) is 15.0. The summed E-state index contributed by atoms with van der Waals surface area (Å²) >= 11 is 0. The van der Waals surface area contributed by atoms with E-state index in [1.807, 2.05) is 6.07 Å². The Morgan fingerprint density at radius 3 is 2.07 bits per heavy atom. The Morgan fingerprint density at radius 1 is 0.976 bits per heavy atom. The van der Waals surface area contributed by atoms with Crippen LogP contribution in [-0.4, -0.2) is 35.1 Å². The van der Waals surface area contributed by atoms with Crippen LogP contribution in [0, 0.1) is 21.4 Å². The highest BCUT2D eigenvalue weighted by Crippen LogP contribution is 2.41. The van der Waals surface area contributed by atoms with E-state index in [-0.39, 0.29) is 51.5 Å². The maximum atomic E-state index is 13.8. The fourth-order valence-electron chi connectivity index (χ4n) is 4.32. The van der Waals surface area contributed by atoms with Crippen LogP contribution in [0.25, 0.3) is 12.2 Å². The number of ketones is 1. The van der Waals surface area contributed by atoms with E-state index in [2.05, 4.69) is 0 Å². The van der Waals surface area contributed by atoms with Crippen molar-refractivity contribution in [2.24, 2.45) is 5.73 Å². The molecule has 4 rings (SSSR count). The van der Waals surface area contributed by atoms with Gasteiger partial charge in [0, 0.05) is 12.1 Å². The van der Waals surface area contributed by atoms with Gasteiger partial charge in [-0.3, -0.25) is 14.9 Å². The standard InChI is InChI=1S/C31H25N3O8/c1-40-27-15-18(3-11-23(27)35)5-13-25(37)30-26(14-6-19-4-12-24(36)28(16-19)41-2)42-31(33)22(17-32)29(30)20-7-9-21(10-8-20)34(38)39/h3-16,29,35-36H,33H2,1-2H3. The molecular formula is C31H25N3O8. The maximum absolute atomic E-state index is 13.8. The second-order valence-corrected chi connectivity index (χ2v) is 8.94. The number of non-ortho nitro benzene ring substituents is 1. The summed E-state index contributed by atoms with van der Waals surface area (Å²) in [7, 11) is 2.81. The van der Waals surface area contributed by atoms with Crippen LogP contribution in [0.5, 0.6) is 23.0 Å². The third kappa shape index (κ3) is 6.08. The molecule has 11 nitrogen and oxygen atoms in total. The Morgan fingerprint density at radius 2 is 1.55 bits per heavy atom. The Kier molecular flexibility index (Phi) is 8.58. The van der Waals surface area contributed by atoms with Gasteiger partial charge in [0.15, 0.2) is 28.8 Å². The SMILES string of the molecule is COc1cc(C=CC(=O)C2=C(C=Cc3ccc(O)c(OC)c3)OC(N)=C(C#N)C2c2ccc([N+](=O)[O-])cc2)ccc1O. The number of nitriles is 1. The molecule has 0 amide bonds. The van der Waals surface area contributed by atoms with E-state index in [0.717, 1.165) is 0 Å².